The number of rotatable bonds is 16. The van der Waals surface area contributed by atoms with Crippen molar-refractivity contribution in [1.82, 2.24) is 20.0 Å². The van der Waals surface area contributed by atoms with E-state index in [2.05, 4.69) is 42.5 Å². The Morgan fingerprint density at radius 3 is 2.22 bits per heavy atom. The second-order valence-electron chi connectivity index (χ2n) is 15.0. The summed E-state index contributed by atoms with van der Waals surface area (Å²) in [5.74, 6) is 0.826. The number of carboxylic acid groups (broad SMARTS) is 1. The summed E-state index contributed by atoms with van der Waals surface area (Å²) in [7, 11) is 5.33. The van der Waals surface area contributed by atoms with E-state index in [1.807, 2.05) is 30.3 Å². The molecule has 2 aromatic carbocycles. The first-order chi connectivity index (χ1) is 24.1. The van der Waals surface area contributed by atoms with Gasteiger partial charge in [-0.1, -0.05) is 19.9 Å². The molecule has 4 aliphatic rings. The van der Waals surface area contributed by atoms with Gasteiger partial charge in [-0.15, -0.1) is 0 Å². The number of nitrogens with zero attached hydrogens (tertiary/aromatic N) is 3. The zero-order valence-corrected chi connectivity index (χ0v) is 30.2. The molecule has 0 aliphatic heterocycles. The van der Waals surface area contributed by atoms with Crippen molar-refractivity contribution >= 4 is 17.6 Å². The monoisotopic (exact) mass is 686 g/mol. The third-order valence-corrected chi connectivity index (χ3v) is 11.4. The number of carbonyl (C=O) groups is 2. The van der Waals surface area contributed by atoms with Crippen LogP contribution in [0.15, 0.2) is 42.5 Å². The van der Waals surface area contributed by atoms with Gasteiger partial charge in [-0.05, 0) is 143 Å². The number of carbonyl (C=O) groups excluding carboxylic acids is 1. The Morgan fingerprint density at radius 2 is 1.64 bits per heavy atom. The van der Waals surface area contributed by atoms with E-state index in [1.165, 1.54) is 6.42 Å². The molecule has 1 heterocycles. The third-order valence-electron chi connectivity index (χ3n) is 11.4. The lowest BCUT2D eigenvalue weighted by Gasteiger charge is -2.59. The number of carboxylic acids is 1. The topological polar surface area (TPSA) is 144 Å². The molecule has 4 saturated carbocycles. The zero-order chi connectivity index (χ0) is 35.6. The molecule has 5 N–H and O–H groups in total. The summed E-state index contributed by atoms with van der Waals surface area (Å²) < 4.78 is 13.4. The van der Waals surface area contributed by atoms with Gasteiger partial charge in [0.05, 0.1) is 31.2 Å². The van der Waals surface area contributed by atoms with E-state index in [9.17, 15) is 14.7 Å². The number of aromatic nitrogens is 2. The SMILES string of the molecule is COc1cccc(OC)c1-c1cc(C(=O)NC2(C(=O)O)C3CC4CC(C3)CC2C4)nn1-c1ccc(NCCCN(C)CCCN)cc1C(C)C. The molecule has 3 aromatic rings. The third kappa shape index (κ3) is 6.82. The molecule has 4 bridgehead atoms. The Hall–Kier alpha value is -4.09. The molecule has 1 amide bonds. The highest BCUT2D eigenvalue weighted by molar-refractivity contribution is 5.98. The molecule has 4 aliphatic carbocycles. The van der Waals surface area contributed by atoms with Crippen molar-refractivity contribution in [3.05, 3.63) is 53.7 Å². The first-order valence-electron chi connectivity index (χ1n) is 18.2. The number of benzene rings is 2. The summed E-state index contributed by atoms with van der Waals surface area (Å²) in [6.45, 7) is 7.78. The first-order valence-corrected chi connectivity index (χ1v) is 18.2. The van der Waals surface area contributed by atoms with Gasteiger partial charge >= 0.3 is 5.97 Å². The minimum Gasteiger partial charge on any atom is -0.496 e. The van der Waals surface area contributed by atoms with Crippen molar-refractivity contribution in [2.75, 3.05) is 52.8 Å². The van der Waals surface area contributed by atoms with Gasteiger partial charge in [-0.2, -0.15) is 5.10 Å². The van der Waals surface area contributed by atoms with E-state index in [4.69, 9.17) is 20.3 Å². The van der Waals surface area contributed by atoms with Gasteiger partial charge < -0.3 is 35.8 Å². The fourth-order valence-electron chi connectivity index (χ4n) is 9.12. The van der Waals surface area contributed by atoms with Crippen LogP contribution >= 0.6 is 0 Å². The Kier molecular flexibility index (Phi) is 10.7. The van der Waals surface area contributed by atoms with Crippen LogP contribution in [0, 0.1) is 23.7 Å². The molecule has 270 valence electrons. The van der Waals surface area contributed by atoms with Crippen molar-refractivity contribution in [3.8, 4) is 28.4 Å². The average Bonchev–Trinajstić information content (AvgIpc) is 3.54. The second kappa shape index (κ2) is 15.0. The van der Waals surface area contributed by atoms with E-state index >= 15 is 0 Å². The van der Waals surface area contributed by atoms with E-state index in [0.29, 0.717) is 41.1 Å². The number of amides is 1. The van der Waals surface area contributed by atoms with Gasteiger partial charge in [0.25, 0.3) is 5.91 Å². The largest absolute Gasteiger partial charge is 0.496 e. The Balaban J connectivity index is 1.36. The summed E-state index contributed by atoms with van der Waals surface area (Å²) in [4.78, 5) is 29.7. The minimum absolute atomic E-state index is 0.0741. The zero-order valence-electron chi connectivity index (χ0n) is 30.2. The van der Waals surface area contributed by atoms with Crippen LogP contribution in [0.5, 0.6) is 11.5 Å². The lowest BCUT2D eigenvalue weighted by molar-refractivity contribution is -0.163. The van der Waals surface area contributed by atoms with Crippen LogP contribution in [0.1, 0.15) is 80.8 Å². The maximum absolute atomic E-state index is 14.3. The molecule has 0 saturated heterocycles. The van der Waals surface area contributed by atoms with Gasteiger partial charge in [0, 0.05) is 12.2 Å². The maximum Gasteiger partial charge on any atom is 0.330 e. The van der Waals surface area contributed by atoms with Crippen LogP contribution in [0.3, 0.4) is 0 Å². The smallest absolute Gasteiger partial charge is 0.330 e. The van der Waals surface area contributed by atoms with Crippen LogP contribution in [0.4, 0.5) is 5.69 Å². The summed E-state index contributed by atoms with van der Waals surface area (Å²) in [5, 5.41) is 22.3. The minimum atomic E-state index is -1.29. The highest BCUT2D eigenvalue weighted by atomic mass is 16.5. The molecule has 11 nitrogen and oxygen atoms in total. The standard InChI is InChI=1S/C39H54N6O5/c1-24(2)30-22-29(41-14-8-16-44(3)15-7-13-40)11-12-32(30)45-33(36-34(49-4)9-6-10-35(36)50-5)23-31(43-45)37(46)42-39(38(47)48)27-18-25-17-26(20-27)21-28(39)19-25/h6,9-12,22-28,41H,7-8,13-21,40H2,1-5H3,(H,42,46)(H,47,48). The van der Waals surface area contributed by atoms with Crippen LogP contribution < -0.4 is 25.8 Å². The highest BCUT2D eigenvalue weighted by Gasteiger charge is 2.62. The van der Waals surface area contributed by atoms with Crippen LogP contribution in [-0.2, 0) is 4.79 Å². The second-order valence-corrected chi connectivity index (χ2v) is 15.0. The summed E-state index contributed by atoms with van der Waals surface area (Å²) in [5.41, 5.74) is 8.67. The first kappa shape index (κ1) is 35.7. The van der Waals surface area contributed by atoms with Crippen LogP contribution in [0.25, 0.3) is 16.9 Å². The fourth-order valence-corrected chi connectivity index (χ4v) is 9.12. The summed E-state index contributed by atoms with van der Waals surface area (Å²) >= 11 is 0. The number of anilines is 1. The van der Waals surface area contributed by atoms with Gasteiger partial charge in [-0.3, -0.25) is 4.79 Å². The van der Waals surface area contributed by atoms with Crippen molar-refractivity contribution in [3.63, 3.8) is 0 Å². The number of methoxy groups -OCH3 is 2. The fraction of sp³-hybridized carbons (Fsp3) is 0.564. The van der Waals surface area contributed by atoms with Gasteiger partial charge in [-0.25, -0.2) is 9.48 Å². The molecular formula is C39H54N6O5. The predicted octanol–water partition coefficient (Wildman–Crippen LogP) is 5.77. The molecule has 7 rings (SSSR count). The Bertz CT molecular complexity index is 1630. The maximum atomic E-state index is 14.3. The molecule has 11 heteroatoms. The Labute approximate surface area is 295 Å². The van der Waals surface area contributed by atoms with Crippen molar-refractivity contribution in [1.29, 1.82) is 0 Å². The number of aliphatic carboxylic acids is 1. The molecule has 1 aromatic heterocycles. The van der Waals surface area contributed by atoms with E-state index in [0.717, 1.165) is 75.1 Å². The van der Waals surface area contributed by atoms with Crippen LogP contribution in [-0.4, -0.2) is 84.6 Å². The Morgan fingerprint density at radius 1 is 1.00 bits per heavy atom. The van der Waals surface area contributed by atoms with Gasteiger partial charge in [0.2, 0.25) is 0 Å². The normalized spacial score (nSPS) is 23.8. The number of hydrogen-bond donors (Lipinski definition) is 4. The molecule has 0 spiro atoms. The van der Waals surface area contributed by atoms with E-state index in [-0.39, 0.29) is 23.4 Å². The molecule has 4 fully saturated rings. The lowest BCUT2D eigenvalue weighted by atomic mass is 9.48. The molecule has 0 atom stereocenters. The average molecular weight is 687 g/mol. The highest BCUT2D eigenvalue weighted by Crippen LogP contribution is 2.58. The number of nitrogens with two attached hydrogens (primary N) is 1. The molecule has 50 heavy (non-hydrogen) atoms. The van der Waals surface area contributed by atoms with Crippen LogP contribution in [0.2, 0.25) is 0 Å². The quantitative estimate of drug-likeness (QED) is 0.138. The molecule has 0 radical (unpaired) electrons. The van der Waals surface area contributed by atoms with Crippen molar-refractivity contribution in [2.24, 2.45) is 29.4 Å². The van der Waals surface area contributed by atoms with E-state index < -0.39 is 17.4 Å². The summed E-state index contributed by atoms with van der Waals surface area (Å²) in [6, 6.07) is 13.5. The number of nitrogens with one attached hydrogen (secondary N) is 2. The lowest BCUT2D eigenvalue weighted by Crippen LogP contribution is -2.70. The number of ether oxygens (including phenoxy) is 2. The number of hydrogen-bond acceptors (Lipinski definition) is 8. The van der Waals surface area contributed by atoms with Gasteiger partial charge in [0.1, 0.15) is 17.0 Å². The van der Waals surface area contributed by atoms with Gasteiger partial charge in [0.15, 0.2) is 5.69 Å². The molecular weight excluding hydrogens is 632 g/mol. The van der Waals surface area contributed by atoms with Crippen molar-refractivity contribution < 1.29 is 24.2 Å². The summed E-state index contributed by atoms with van der Waals surface area (Å²) in [6.07, 6.45) is 6.56. The molecule has 0 unspecified atom stereocenters. The van der Waals surface area contributed by atoms with E-state index in [1.54, 1.807) is 25.0 Å². The van der Waals surface area contributed by atoms with Crippen molar-refractivity contribution in [2.45, 2.75) is 70.3 Å². The predicted molar refractivity (Wildman–Crippen MR) is 195 cm³/mol.